The van der Waals surface area contributed by atoms with Gasteiger partial charge < -0.3 is 4.42 Å². The zero-order valence-corrected chi connectivity index (χ0v) is 26.1. The van der Waals surface area contributed by atoms with Crippen LogP contribution in [0.2, 0.25) is 0 Å². The van der Waals surface area contributed by atoms with E-state index in [0.29, 0.717) is 22.2 Å². The first-order chi connectivity index (χ1) is 24.7. The van der Waals surface area contributed by atoms with Crippen molar-refractivity contribution in [2.24, 2.45) is 0 Å². The van der Waals surface area contributed by atoms with E-state index in [0.717, 1.165) is 38.8 Å². The predicted molar refractivity (Wildman–Crippen MR) is 190 cm³/mol. The van der Waals surface area contributed by atoms with Gasteiger partial charge in [-0.05, 0) is 90.3 Å². The molecule has 4 heterocycles. The Balaban J connectivity index is 1.44. The third-order valence-electron chi connectivity index (χ3n) is 8.82. The zero-order chi connectivity index (χ0) is 36.7. The highest BCUT2D eigenvalue weighted by molar-refractivity contribution is 6.11. The van der Waals surface area contributed by atoms with E-state index in [1.807, 2.05) is 42.5 Å². The van der Waals surface area contributed by atoms with Crippen molar-refractivity contribution in [3.05, 3.63) is 120 Å². The number of aromatic nitrogens is 4. The molecule has 0 bridgehead atoms. The van der Waals surface area contributed by atoms with Crippen LogP contribution in [0.25, 0.3) is 72.2 Å². The lowest BCUT2D eigenvalue weighted by Crippen LogP contribution is -2.09. The van der Waals surface area contributed by atoms with Crippen molar-refractivity contribution >= 4 is 44.0 Å². The maximum Gasteiger partial charge on any atom is 0.227 e. The van der Waals surface area contributed by atoms with Gasteiger partial charge in [0.25, 0.3) is 0 Å². The molecule has 5 nitrogen and oxygen atoms in total. The van der Waals surface area contributed by atoms with E-state index in [1.54, 1.807) is 6.07 Å². The highest BCUT2D eigenvalue weighted by atomic mass is 16.3. The highest BCUT2D eigenvalue weighted by Gasteiger charge is 2.25. The molecule has 5 heteroatoms. The molecular formula is C41H36N4O. The van der Waals surface area contributed by atoms with Gasteiger partial charge in [-0.15, -0.1) is 0 Å². The van der Waals surface area contributed by atoms with Gasteiger partial charge in [0.1, 0.15) is 11.4 Å². The summed E-state index contributed by atoms with van der Waals surface area (Å²) in [7, 11) is 0. The van der Waals surface area contributed by atoms with Gasteiger partial charge in [-0.3, -0.25) is 9.55 Å². The molecule has 8 rings (SSSR count). The Bertz CT molecular complexity index is 2640. The third-order valence-corrected chi connectivity index (χ3v) is 8.82. The molecule has 4 aromatic carbocycles. The Morgan fingerprint density at radius 3 is 2.20 bits per heavy atom. The van der Waals surface area contributed by atoms with E-state index >= 15 is 0 Å². The Labute approximate surface area is 277 Å². The lowest BCUT2D eigenvalue weighted by atomic mass is 9.88. The summed E-state index contributed by atoms with van der Waals surface area (Å²) in [6, 6.07) is 32.1. The summed E-state index contributed by atoms with van der Waals surface area (Å²) in [4.78, 5) is 14.0. The topological polar surface area (TPSA) is 56.7 Å². The van der Waals surface area contributed by atoms with Crippen LogP contribution < -0.4 is 0 Å². The fourth-order valence-electron chi connectivity index (χ4n) is 6.62. The van der Waals surface area contributed by atoms with Crippen LogP contribution in [-0.2, 0) is 0 Å². The van der Waals surface area contributed by atoms with Crippen molar-refractivity contribution in [2.45, 2.75) is 53.2 Å². The Morgan fingerprint density at radius 2 is 1.46 bits per heavy atom. The number of pyridine rings is 2. The first-order valence-corrected chi connectivity index (χ1v) is 15.6. The average molecular weight is 607 g/mol. The monoisotopic (exact) mass is 606 g/mol. The van der Waals surface area contributed by atoms with Crippen LogP contribution in [0.1, 0.15) is 70.3 Å². The molecule has 0 saturated carbocycles. The van der Waals surface area contributed by atoms with E-state index in [2.05, 4.69) is 84.7 Å². The van der Waals surface area contributed by atoms with Crippen LogP contribution in [0.15, 0.2) is 101 Å². The second-order valence-corrected chi connectivity index (χ2v) is 12.5. The highest BCUT2D eigenvalue weighted by Crippen LogP contribution is 2.42. The van der Waals surface area contributed by atoms with Crippen LogP contribution in [0.5, 0.6) is 0 Å². The maximum absolute atomic E-state index is 8.14. The van der Waals surface area contributed by atoms with Gasteiger partial charge in [-0.1, -0.05) is 82.3 Å². The van der Waals surface area contributed by atoms with Crippen LogP contribution in [0.3, 0.4) is 0 Å². The van der Waals surface area contributed by atoms with E-state index < -0.39 is 13.7 Å². The number of nitrogens with zero attached hydrogens (tertiary/aromatic N) is 4. The summed E-state index contributed by atoms with van der Waals surface area (Å²) in [5.74, 6) is 1.07. The van der Waals surface area contributed by atoms with Crippen molar-refractivity contribution in [2.75, 3.05) is 0 Å². The fraction of sp³-hybridized carbons (Fsp3) is 0.195. The summed E-state index contributed by atoms with van der Waals surface area (Å²) < 4.78 is 57.1. The molecule has 8 aromatic rings. The molecule has 0 fully saturated rings. The van der Waals surface area contributed by atoms with Gasteiger partial charge >= 0.3 is 0 Å². The molecule has 0 radical (unpaired) electrons. The first kappa shape index (κ1) is 22.3. The number of fused-ring (bicyclic) bond motifs is 5. The minimum absolute atomic E-state index is 0.0787. The average Bonchev–Trinajstić information content (AvgIpc) is 3.67. The molecule has 0 amide bonds. The normalized spacial score (nSPS) is 14.6. The van der Waals surface area contributed by atoms with Gasteiger partial charge in [-0.2, -0.15) is 0 Å². The fourth-order valence-corrected chi connectivity index (χ4v) is 6.62. The SMILES string of the molecule is [2H]C([2H])([2H])c1cc2cc3c(nc2c(C([2H])([2H])[2H])n1)oc1c(-c2nc4ccccc4n2-c2c(C(C)C)cc(-c4ccccc4)cc2C(C)C)cccc13. The summed E-state index contributed by atoms with van der Waals surface area (Å²) in [5.41, 5.74) is 8.47. The molecule has 0 aliphatic heterocycles. The minimum Gasteiger partial charge on any atom is -0.437 e. The molecule has 226 valence electrons. The minimum atomic E-state index is -2.69. The number of imidazole rings is 1. The van der Waals surface area contributed by atoms with Crippen molar-refractivity contribution in [1.82, 2.24) is 19.5 Å². The smallest absolute Gasteiger partial charge is 0.227 e. The molecule has 0 unspecified atom stereocenters. The summed E-state index contributed by atoms with van der Waals surface area (Å²) in [6.45, 7) is 3.57. The van der Waals surface area contributed by atoms with E-state index in [-0.39, 0.29) is 34.5 Å². The quantitative estimate of drug-likeness (QED) is 0.196. The Kier molecular flexibility index (Phi) is 5.16. The van der Waals surface area contributed by atoms with Gasteiger partial charge in [0, 0.05) is 30.1 Å². The molecule has 0 N–H and O–H groups in total. The number of hydrogen-bond acceptors (Lipinski definition) is 4. The number of aryl methyl sites for hydroxylation is 2. The number of furan rings is 1. The predicted octanol–water partition coefficient (Wildman–Crippen LogP) is 11.1. The largest absolute Gasteiger partial charge is 0.437 e. The van der Waals surface area contributed by atoms with Crippen molar-refractivity contribution < 1.29 is 12.6 Å². The van der Waals surface area contributed by atoms with E-state index in [4.69, 9.17) is 17.6 Å². The lowest BCUT2D eigenvalue weighted by Gasteiger charge is -2.24. The van der Waals surface area contributed by atoms with Gasteiger partial charge in [0.15, 0.2) is 0 Å². The standard InChI is InChI=1S/C41H36N4O/c1-23(2)32-20-28(27-13-8-7-9-14-27)21-33(24(3)4)38(32)45-36-18-11-10-17-35(36)43-40(45)31-16-12-15-30-34-22-29-19-25(5)42-26(6)37(29)44-41(34)46-39(30)31/h7-24H,1-6H3/i5D3,6D3. The summed E-state index contributed by atoms with van der Waals surface area (Å²) in [6.07, 6.45) is 0. The molecule has 0 aliphatic rings. The van der Waals surface area contributed by atoms with E-state index in [9.17, 15) is 0 Å². The molecule has 0 saturated heterocycles. The summed E-state index contributed by atoms with van der Waals surface area (Å²) >= 11 is 0. The molecule has 0 aliphatic carbocycles. The van der Waals surface area contributed by atoms with Crippen molar-refractivity contribution in [1.29, 1.82) is 0 Å². The molecule has 4 aromatic heterocycles. The number of para-hydroxylation sites is 3. The molecule has 46 heavy (non-hydrogen) atoms. The first-order valence-electron chi connectivity index (χ1n) is 18.6. The van der Waals surface area contributed by atoms with Gasteiger partial charge in [0.2, 0.25) is 5.71 Å². The molecular weight excluding hydrogens is 564 g/mol. The number of hydrogen-bond donors (Lipinski definition) is 0. The second-order valence-electron chi connectivity index (χ2n) is 12.5. The number of benzene rings is 4. The molecule has 0 spiro atoms. The van der Waals surface area contributed by atoms with Crippen LogP contribution >= 0.6 is 0 Å². The Hall–Kier alpha value is -5.29. The Morgan fingerprint density at radius 1 is 0.696 bits per heavy atom. The molecule has 0 atom stereocenters. The number of rotatable bonds is 5. The van der Waals surface area contributed by atoms with Crippen LogP contribution in [-0.4, -0.2) is 19.5 Å². The third kappa shape index (κ3) is 4.41. The van der Waals surface area contributed by atoms with Crippen molar-refractivity contribution in [3.8, 4) is 28.2 Å². The van der Waals surface area contributed by atoms with E-state index in [1.165, 1.54) is 17.2 Å². The zero-order valence-electron chi connectivity index (χ0n) is 32.1. The summed E-state index contributed by atoms with van der Waals surface area (Å²) in [5, 5.41) is 1.74. The van der Waals surface area contributed by atoms with Crippen LogP contribution in [0.4, 0.5) is 0 Å². The van der Waals surface area contributed by atoms with Gasteiger partial charge in [-0.25, -0.2) is 9.97 Å². The van der Waals surface area contributed by atoms with Crippen LogP contribution in [0, 0.1) is 13.7 Å². The lowest BCUT2D eigenvalue weighted by molar-refractivity contribution is 0.656. The second kappa shape index (κ2) is 10.7. The maximum atomic E-state index is 8.14. The van der Waals surface area contributed by atoms with Crippen molar-refractivity contribution in [3.63, 3.8) is 0 Å². The van der Waals surface area contributed by atoms with Gasteiger partial charge in [0.05, 0.1) is 33.5 Å².